The van der Waals surface area contributed by atoms with Gasteiger partial charge in [-0.15, -0.1) is 0 Å². The minimum Gasteiger partial charge on any atom is -0.459 e. The maximum atomic E-state index is 11.8. The second kappa shape index (κ2) is 4.82. The molecular weight excluding hydrogens is 284 g/mol. The Morgan fingerprint density at radius 3 is 2.73 bits per heavy atom. The number of ether oxygens (including phenoxy) is 2. The van der Waals surface area contributed by atoms with Gasteiger partial charge in [0.1, 0.15) is 17.8 Å². The molecule has 5 heteroatoms. The fourth-order valence-electron chi connectivity index (χ4n) is 4.55. The van der Waals surface area contributed by atoms with Crippen molar-refractivity contribution < 1.29 is 24.2 Å². The number of aliphatic hydroxyl groups is 1. The smallest absolute Gasteiger partial charge is 0.334 e. The van der Waals surface area contributed by atoms with E-state index in [0.717, 1.165) is 12.0 Å². The summed E-state index contributed by atoms with van der Waals surface area (Å²) in [6, 6.07) is 0. The summed E-state index contributed by atoms with van der Waals surface area (Å²) in [5.41, 5.74) is 0.101. The molecule has 0 aromatic rings. The van der Waals surface area contributed by atoms with E-state index in [1.54, 1.807) is 6.92 Å². The first-order valence-corrected chi connectivity index (χ1v) is 7.99. The number of carbonyl (C=O) groups is 2. The standard InChI is InChI=1S/C17H24O5/c1-9-5-6-14(21-11(3)18)17(20)8-13-12(7-16(9,17)4)10(2)15(19)22-13/h9,13-14,20H,5-8H2,1-4H3/t9-,13+,14+,16+,17-/m0/s1. The molecule has 1 N–H and O–H groups in total. The lowest BCUT2D eigenvalue weighted by Crippen LogP contribution is -2.65. The zero-order valence-electron chi connectivity index (χ0n) is 13.6. The van der Waals surface area contributed by atoms with E-state index in [9.17, 15) is 14.7 Å². The van der Waals surface area contributed by atoms with Crippen molar-refractivity contribution in [2.45, 2.75) is 71.2 Å². The predicted octanol–water partition coefficient (Wildman–Crippen LogP) is 2.12. The van der Waals surface area contributed by atoms with Crippen LogP contribution in [0.25, 0.3) is 0 Å². The molecule has 1 heterocycles. The number of rotatable bonds is 1. The molecule has 0 aromatic carbocycles. The highest BCUT2D eigenvalue weighted by Crippen LogP contribution is 2.59. The highest BCUT2D eigenvalue weighted by molar-refractivity contribution is 5.91. The highest BCUT2D eigenvalue weighted by atomic mass is 16.6. The molecule has 22 heavy (non-hydrogen) atoms. The summed E-state index contributed by atoms with van der Waals surface area (Å²) in [5.74, 6) is -0.389. The maximum absolute atomic E-state index is 11.8. The molecule has 2 fully saturated rings. The van der Waals surface area contributed by atoms with E-state index < -0.39 is 17.1 Å². The molecule has 0 unspecified atom stereocenters. The van der Waals surface area contributed by atoms with Gasteiger partial charge in [-0.05, 0) is 37.7 Å². The molecule has 0 saturated heterocycles. The van der Waals surface area contributed by atoms with Gasteiger partial charge >= 0.3 is 11.9 Å². The summed E-state index contributed by atoms with van der Waals surface area (Å²) in [5, 5.41) is 11.5. The Balaban J connectivity index is 2.02. The van der Waals surface area contributed by atoms with Crippen molar-refractivity contribution in [3.63, 3.8) is 0 Å². The van der Waals surface area contributed by atoms with Crippen molar-refractivity contribution >= 4 is 11.9 Å². The average molecular weight is 308 g/mol. The van der Waals surface area contributed by atoms with E-state index in [1.165, 1.54) is 6.92 Å². The molecule has 0 aromatic heterocycles. The molecule has 0 bridgehead atoms. The highest BCUT2D eigenvalue weighted by Gasteiger charge is 2.63. The SMILES string of the molecule is CC(=O)O[C@@H]1CC[C@H](C)[C@@]2(C)CC3=C(C)C(=O)O[C@@H]3C[C@]12O. The molecule has 2 aliphatic carbocycles. The molecule has 3 rings (SSSR count). The van der Waals surface area contributed by atoms with Crippen LogP contribution >= 0.6 is 0 Å². The first-order valence-electron chi connectivity index (χ1n) is 7.99. The van der Waals surface area contributed by atoms with Crippen molar-refractivity contribution in [1.82, 2.24) is 0 Å². The third kappa shape index (κ3) is 1.94. The van der Waals surface area contributed by atoms with E-state index in [2.05, 4.69) is 6.92 Å². The predicted molar refractivity (Wildman–Crippen MR) is 78.8 cm³/mol. The minimum absolute atomic E-state index is 0.279. The minimum atomic E-state index is -1.16. The number of hydrogen-bond acceptors (Lipinski definition) is 5. The lowest BCUT2D eigenvalue weighted by Gasteiger charge is -2.58. The van der Waals surface area contributed by atoms with Crippen LogP contribution in [0.3, 0.4) is 0 Å². The van der Waals surface area contributed by atoms with Gasteiger partial charge in [-0.2, -0.15) is 0 Å². The quantitative estimate of drug-likeness (QED) is 0.751. The molecular formula is C17H24O5. The molecule has 2 saturated carbocycles. The Morgan fingerprint density at radius 1 is 1.41 bits per heavy atom. The number of fused-ring (bicyclic) bond motifs is 2. The fraction of sp³-hybridized carbons (Fsp3) is 0.765. The third-order valence-corrected chi connectivity index (χ3v) is 6.26. The lowest BCUT2D eigenvalue weighted by atomic mass is 9.51. The van der Waals surface area contributed by atoms with Crippen LogP contribution in [0.1, 0.15) is 53.4 Å². The molecule has 0 spiro atoms. The summed E-state index contributed by atoms with van der Waals surface area (Å²) in [6.45, 7) is 7.34. The van der Waals surface area contributed by atoms with Crippen LogP contribution in [0.15, 0.2) is 11.1 Å². The normalized spacial score (nSPS) is 44.2. The molecule has 1 aliphatic heterocycles. The van der Waals surface area contributed by atoms with Crippen LogP contribution in [-0.2, 0) is 19.1 Å². The maximum Gasteiger partial charge on any atom is 0.334 e. The van der Waals surface area contributed by atoms with E-state index in [1.807, 2.05) is 6.92 Å². The van der Waals surface area contributed by atoms with E-state index in [0.29, 0.717) is 24.8 Å². The van der Waals surface area contributed by atoms with Crippen molar-refractivity contribution in [2.24, 2.45) is 11.3 Å². The zero-order chi connectivity index (χ0) is 16.3. The van der Waals surface area contributed by atoms with Gasteiger partial charge in [-0.1, -0.05) is 13.8 Å². The van der Waals surface area contributed by atoms with Crippen LogP contribution in [0.5, 0.6) is 0 Å². The molecule has 3 aliphatic rings. The van der Waals surface area contributed by atoms with Gasteiger partial charge in [-0.25, -0.2) is 4.79 Å². The Kier molecular flexibility index (Phi) is 3.40. The van der Waals surface area contributed by atoms with Crippen LogP contribution in [0.4, 0.5) is 0 Å². The van der Waals surface area contributed by atoms with Crippen molar-refractivity contribution in [3.8, 4) is 0 Å². The second-order valence-corrected chi connectivity index (χ2v) is 7.34. The van der Waals surface area contributed by atoms with Gasteiger partial charge in [0.15, 0.2) is 0 Å². The Labute approximate surface area is 130 Å². The first kappa shape index (κ1) is 15.5. The van der Waals surface area contributed by atoms with Crippen LogP contribution < -0.4 is 0 Å². The van der Waals surface area contributed by atoms with Crippen LogP contribution in [0, 0.1) is 11.3 Å². The van der Waals surface area contributed by atoms with Gasteiger partial charge in [-0.3, -0.25) is 4.79 Å². The lowest BCUT2D eigenvalue weighted by molar-refractivity contribution is -0.232. The van der Waals surface area contributed by atoms with Crippen molar-refractivity contribution in [3.05, 3.63) is 11.1 Å². The van der Waals surface area contributed by atoms with Gasteiger partial charge in [0.2, 0.25) is 0 Å². The zero-order valence-corrected chi connectivity index (χ0v) is 13.6. The topological polar surface area (TPSA) is 72.8 Å². The summed E-state index contributed by atoms with van der Waals surface area (Å²) in [4.78, 5) is 23.3. The fourth-order valence-corrected chi connectivity index (χ4v) is 4.55. The van der Waals surface area contributed by atoms with E-state index in [-0.39, 0.29) is 24.0 Å². The summed E-state index contributed by atoms with van der Waals surface area (Å²) < 4.78 is 10.8. The second-order valence-electron chi connectivity index (χ2n) is 7.34. The van der Waals surface area contributed by atoms with Gasteiger partial charge < -0.3 is 14.6 Å². The molecule has 5 nitrogen and oxygen atoms in total. The molecule has 5 atom stereocenters. The van der Waals surface area contributed by atoms with Crippen LogP contribution in [-0.4, -0.2) is 34.9 Å². The molecule has 0 amide bonds. The molecule has 122 valence electrons. The van der Waals surface area contributed by atoms with E-state index >= 15 is 0 Å². The van der Waals surface area contributed by atoms with Crippen molar-refractivity contribution in [1.29, 1.82) is 0 Å². The summed E-state index contributed by atoms with van der Waals surface area (Å²) >= 11 is 0. The number of carbonyl (C=O) groups excluding carboxylic acids is 2. The van der Waals surface area contributed by atoms with Crippen molar-refractivity contribution in [2.75, 3.05) is 0 Å². The van der Waals surface area contributed by atoms with E-state index in [4.69, 9.17) is 9.47 Å². The first-order chi connectivity index (χ1) is 10.2. The Hall–Kier alpha value is -1.36. The third-order valence-electron chi connectivity index (χ3n) is 6.26. The average Bonchev–Trinajstić information content (AvgIpc) is 2.68. The number of hydrogen-bond donors (Lipinski definition) is 1. The number of esters is 2. The van der Waals surface area contributed by atoms with Gasteiger partial charge in [0.05, 0.1) is 0 Å². The summed E-state index contributed by atoms with van der Waals surface area (Å²) in [7, 11) is 0. The monoisotopic (exact) mass is 308 g/mol. The Morgan fingerprint density at radius 2 is 2.09 bits per heavy atom. The van der Waals surface area contributed by atoms with Gasteiger partial charge in [0, 0.05) is 24.3 Å². The molecule has 0 radical (unpaired) electrons. The van der Waals surface area contributed by atoms with Crippen LogP contribution in [0.2, 0.25) is 0 Å². The largest absolute Gasteiger partial charge is 0.459 e. The van der Waals surface area contributed by atoms with Gasteiger partial charge in [0.25, 0.3) is 0 Å². The Bertz CT molecular complexity index is 565. The summed E-state index contributed by atoms with van der Waals surface area (Å²) in [6.07, 6.45) is 1.55.